The topological polar surface area (TPSA) is 21.3 Å². The Morgan fingerprint density at radius 1 is 1.41 bits per heavy atom. The van der Waals surface area contributed by atoms with Crippen LogP contribution in [0.25, 0.3) is 0 Å². The fraction of sp³-hybridized carbons (Fsp3) is 0.429. The molecule has 0 aliphatic heterocycles. The first-order valence-electron chi connectivity index (χ1n) is 6.00. The van der Waals surface area contributed by atoms with Crippen LogP contribution < -0.4 is 10.1 Å². The standard InChI is InChI=1S/C14H18FNO/c1-17-13-8-7-11(14(15)9-13)10-16-12-5-3-2-4-6-12/h2-3,7-9,12,16H,4-6,10H2,1H3. The summed E-state index contributed by atoms with van der Waals surface area (Å²) < 4.78 is 18.6. The lowest BCUT2D eigenvalue weighted by atomic mass is 10.0. The van der Waals surface area contributed by atoms with Crippen molar-refractivity contribution in [2.75, 3.05) is 7.11 Å². The molecule has 0 saturated carbocycles. The number of hydrogen-bond donors (Lipinski definition) is 1. The predicted octanol–water partition coefficient (Wildman–Crippen LogP) is 3.03. The summed E-state index contributed by atoms with van der Waals surface area (Å²) in [7, 11) is 1.54. The molecule has 1 aromatic carbocycles. The van der Waals surface area contributed by atoms with Crippen molar-refractivity contribution in [3.05, 3.63) is 41.7 Å². The molecular formula is C14H18FNO. The molecule has 0 saturated heterocycles. The maximum Gasteiger partial charge on any atom is 0.131 e. The van der Waals surface area contributed by atoms with Crippen LogP contribution in [0.5, 0.6) is 5.75 Å². The molecule has 0 radical (unpaired) electrons. The predicted molar refractivity (Wildman–Crippen MR) is 66.6 cm³/mol. The van der Waals surface area contributed by atoms with Crippen LogP contribution in [0.3, 0.4) is 0 Å². The van der Waals surface area contributed by atoms with Gasteiger partial charge in [-0.3, -0.25) is 0 Å². The smallest absolute Gasteiger partial charge is 0.131 e. The molecule has 17 heavy (non-hydrogen) atoms. The van der Waals surface area contributed by atoms with Crippen molar-refractivity contribution in [2.24, 2.45) is 0 Å². The van der Waals surface area contributed by atoms with E-state index in [-0.39, 0.29) is 5.82 Å². The van der Waals surface area contributed by atoms with Crippen molar-refractivity contribution < 1.29 is 9.13 Å². The lowest BCUT2D eigenvalue weighted by Crippen LogP contribution is -2.29. The van der Waals surface area contributed by atoms with Gasteiger partial charge in [-0.25, -0.2) is 4.39 Å². The van der Waals surface area contributed by atoms with Crippen molar-refractivity contribution in [1.29, 1.82) is 0 Å². The number of methoxy groups -OCH3 is 1. The van der Waals surface area contributed by atoms with Gasteiger partial charge in [0.25, 0.3) is 0 Å². The van der Waals surface area contributed by atoms with E-state index in [2.05, 4.69) is 17.5 Å². The van der Waals surface area contributed by atoms with E-state index in [1.807, 2.05) is 0 Å². The number of halogens is 1. The summed E-state index contributed by atoms with van der Waals surface area (Å²) in [5.41, 5.74) is 0.695. The molecule has 2 rings (SSSR count). The largest absolute Gasteiger partial charge is 0.497 e. The molecule has 0 heterocycles. The Bertz CT molecular complexity index is 403. The normalized spacial score (nSPS) is 19.3. The monoisotopic (exact) mass is 235 g/mol. The molecule has 2 nitrogen and oxygen atoms in total. The van der Waals surface area contributed by atoms with Crippen LogP contribution in [0.2, 0.25) is 0 Å². The third-order valence-corrected chi connectivity index (χ3v) is 3.11. The van der Waals surface area contributed by atoms with Crippen molar-refractivity contribution in [1.82, 2.24) is 5.32 Å². The van der Waals surface area contributed by atoms with Crippen molar-refractivity contribution >= 4 is 0 Å². The zero-order valence-electron chi connectivity index (χ0n) is 10.1. The van der Waals surface area contributed by atoms with Gasteiger partial charge in [-0.2, -0.15) is 0 Å². The highest BCUT2D eigenvalue weighted by molar-refractivity contribution is 5.28. The second kappa shape index (κ2) is 5.82. The van der Waals surface area contributed by atoms with E-state index in [1.54, 1.807) is 19.2 Å². The molecule has 1 aromatic rings. The van der Waals surface area contributed by atoms with E-state index < -0.39 is 0 Å². The van der Waals surface area contributed by atoms with E-state index >= 15 is 0 Å². The Kier molecular flexibility index (Phi) is 4.15. The van der Waals surface area contributed by atoms with Crippen LogP contribution in [-0.4, -0.2) is 13.2 Å². The molecule has 3 heteroatoms. The van der Waals surface area contributed by atoms with Crippen LogP contribution in [0.1, 0.15) is 24.8 Å². The minimum absolute atomic E-state index is 0.205. The Balaban J connectivity index is 1.92. The third kappa shape index (κ3) is 3.30. The minimum atomic E-state index is -0.205. The van der Waals surface area contributed by atoms with Gasteiger partial charge in [0.15, 0.2) is 0 Å². The maximum absolute atomic E-state index is 13.7. The SMILES string of the molecule is COc1ccc(CNC2CC=CCC2)c(F)c1. The van der Waals surface area contributed by atoms with Crippen LogP contribution in [-0.2, 0) is 6.54 Å². The van der Waals surface area contributed by atoms with Gasteiger partial charge in [-0.1, -0.05) is 18.2 Å². The summed E-state index contributed by atoms with van der Waals surface area (Å²) in [5.74, 6) is 0.357. The van der Waals surface area contributed by atoms with Crippen molar-refractivity contribution in [3.63, 3.8) is 0 Å². The second-order valence-electron chi connectivity index (χ2n) is 4.32. The molecule has 1 unspecified atom stereocenters. The van der Waals surface area contributed by atoms with Crippen LogP contribution in [0.4, 0.5) is 4.39 Å². The molecule has 1 aliphatic rings. The van der Waals surface area contributed by atoms with E-state index in [0.29, 0.717) is 23.9 Å². The number of allylic oxidation sites excluding steroid dienone is 1. The lowest BCUT2D eigenvalue weighted by Gasteiger charge is -2.19. The molecule has 1 N–H and O–H groups in total. The molecular weight excluding hydrogens is 217 g/mol. The second-order valence-corrected chi connectivity index (χ2v) is 4.32. The lowest BCUT2D eigenvalue weighted by molar-refractivity contribution is 0.409. The summed E-state index contributed by atoms with van der Waals surface area (Å²) in [4.78, 5) is 0. The zero-order valence-corrected chi connectivity index (χ0v) is 10.1. The fourth-order valence-corrected chi connectivity index (χ4v) is 2.03. The molecule has 1 atom stereocenters. The van der Waals surface area contributed by atoms with E-state index in [9.17, 15) is 4.39 Å². The van der Waals surface area contributed by atoms with E-state index in [1.165, 1.54) is 6.07 Å². The van der Waals surface area contributed by atoms with Gasteiger partial charge < -0.3 is 10.1 Å². The minimum Gasteiger partial charge on any atom is -0.497 e. The molecule has 0 spiro atoms. The maximum atomic E-state index is 13.7. The van der Waals surface area contributed by atoms with Gasteiger partial charge in [0.2, 0.25) is 0 Å². The highest BCUT2D eigenvalue weighted by Gasteiger charge is 2.10. The van der Waals surface area contributed by atoms with Gasteiger partial charge in [0.1, 0.15) is 11.6 Å². The first-order chi connectivity index (χ1) is 8.29. The summed E-state index contributed by atoms with van der Waals surface area (Å²) in [5, 5.41) is 3.38. The Morgan fingerprint density at radius 3 is 2.94 bits per heavy atom. The molecule has 0 amide bonds. The van der Waals surface area contributed by atoms with E-state index in [0.717, 1.165) is 19.3 Å². The Hall–Kier alpha value is -1.35. The number of benzene rings is 1. The number of rotatable bonds is 4. The molecule has 1 aliphatic carbocycles. The average molecular weight is 235 g/mol. The van der Waals surface area contributed by atoms with E-state index in [4.69, 9.17) is 4.74 Å². The third-order valence-electron chi connectivity index (χ3n) is 3.11. The molecule has 92 valence electrons. The van der Waals surface area contributed by atoms with Crippen LogP contribution >= 0.6 is 0 Å². The van der Waals surface area contributed by atoms with Crippen LogP contribution in [0, 0.1) is 5.82 Å². The molecule has 0 aromatic heterocycles. The number of nitrogens with one attached hydrogen (secondary N) is 1. The molecule has 0 fully saturated rings. The number of ether oxygens (including phenoxy) is 1. The molecule has 0 bridgehead atoms. The van der Waals surface area contributed by atoms with Gasteiger partial charge >= 0.3 is 0 Å². The number of hydrogen-bond acceptors (Lipinski definition) is 2. The van der Waals surface area contributed by atoms with Gasteiger partial charge in [0.05, 0.1) is 7.11 Å². The zero-order chi connectivity index (χ0) is 12.1. The first kappa shape index (κ1) is 12.1. The first-order valence-corrected chi connectivity index (χ1v) is 6.00. The van der Waals surface area contributed by atoms with Crippen molar-refractivity contribution in [3.8, 4) is 5.75 Å². The summed E-state index contributed by atoms with van der Waals surface area (Å²) in [6.07, 6.45) is 7.67. The summed E-state index contributed by atoms with van der Waals surface area (Å²) in [6.45, 7) is 0.578. The van der Waals surface area contributed by atoms with Gasteiger partial charge in [-0.15, -0.1) is 0 Å². The summed E-state index contributed by atoms with van der Waals surface area (Å²) in [6, 6.07) is 5.47. The Morgan fingerprint density at radius 2 is 2.29 bits per heavy atom. The highest BCUT2D eigenvalue weighted by Crippen LogP contribution is 2.17. The Labute approximate surface area is 101 Å². The average Bonchev–Trinajstić information content (AvgIpc) is 2.38. The van der Waals surface area contributed by atoms with Crippen molar-refractivity contribution in [2.45, 2.75) is 31.8 Å². The van der Waals surface area contributed by atoms with Crippen LogP contribution in [0.15, 0.2) is 30.4 Å². The summed E-state index contributed by atoms with van der Waals surface area (Å²) >= 11 is 0. The highest BCUT2D eigenvalue weighted by atomic mass is 19.1. The van der Waals surface area contributed by atoms with Gasteiger partial charge in [0, 0.05) is 24.2 Å². The fourth-order valence-electron chi connectivity index (χ4n) is 2.03. The van der Waals surface area contributed by atoms with Gasteiger partial charge in [-0.05, 0) is 25.3 Å². The quantitative estimate of drug-likeness (QED) is 0.810.